The minimum Gasteiger partial charge on any atom is -0.487 e. The van der Waals surface area contributed by atoms with Crippen molar-refractivity contribution in [2.75, 3.05) is 6.54 Å². The maximum Gasteiger partial charge on any atom is 0.305 e. The number of carbonyl (C=O) groups excluding carboxylic acids is 1. The summed E-state index contributed by atoms with van der Waals surface area (Å²) in [5.41, 5.74) is 2.73. The number of benzene rings is 3. The number of halogens is 2. The maximum absolute atomic E-state index is 13.4. The molecule has 0 bridgehead atoms. The molecule has 0 radical (unpaired) electrons. The molecule has 3 aromatic rings. The highest BCUT2D eigenvalue weighted by Gasteiger charge is 2.36. The Kier molecular flexibility index (Phi) is 7.15. The second-order valence-corrected chi connectivity index (χ2v) is 9.60. The molecular weight excluding hydrogens is 473 g/mol. The number of carbonyl (C=O) groups is 2. The van der Waals surface area contributed by atoms with Gasteiger partial charge >= 0.3 is 5.97 Å². The zero-order chi connectivity index (χ0) is 24.3. The first kappa shape index (κ1) is 24.1. The first-order valence-electron chi connectivity index (χ1n) is 11.0. The average molecular weight is 498 g/mol. The Morgan fingerprint density at radius 2 is 1.65 bits per heavy atom. The summed E-state index contributed by atoms with van der Waals surface area (Å²) in [4.78, 5) is 26.1. The van der Waals surface area contributed by atoms with E-state index < -0.39 is 11.6 Å². The Bertz CT molecular complexity index is 1230. The van der Waals surface area contributed by atoms with E-state index in [1.54, 1.807) is 12.1 Å². The van der Waals surface area contributed by atoms with Gasteiger partial charge in [0.15, 0.2) is 0 Å². The topological polar surface area (TPSA) is 66.8 Å². The standard InChI is InChI=1S/C27H25Cl2NO4/c1-27(15-19-6-2-4-8-22(19)28)16-21-14-18(10-11-24(21)34-27)26(33)30(13-12-25(31)32)17-20-7-3-5-9-23(20)29/h2-11,14H,12-13,15-17H2,1H3,(H,31,32)/t27-/m0/s1. The van der Waals surface area contributed by atoms with Gasteiger partial charge < -0.3 is 14.7 Å². The molecule has 0 fully saturated rings. The molecule has 176 valence electrons. The quantitative estimate of drug-likeness (QED) is 0.411. The Labute approximate surface area is 208 Å². The molecule has 7 heteroatoms. The van der Waals surface area contributed by atoms with Crippen molar-refractivity contribution >= 4 is 35.1 Å². The van der Waals surface area contributed by atoms with E-state index in [9.17, 15) is 14.7 Å². The number of hydrogen-bond acceptors (Lipinski definition) is 3. The minimum atomic E-state index is -0.963. The number of amides is 1. The summed E-state index contributed by atoms with van der Waals surface area (Å²) in [6.07, 6.45) is 1.12. The molecule has 0 saturated carbocycles. The van der Waals surface area contributed by atoms with Gasteiger partial charge in [-0.05, 0) is 53.9 Å². The molecular formula is C27H25Cl2NO4. The summed E-state index contributed by atoms with van der Waals surface area (Å²) in [7, 11) is 0. The van der Waals surface area contributed by atoms with Crippen molar-refractivity contribution in [3.63, 3.8) is 0 Å². The first-order chi connectivity index (χ1) is 16.2. The molecule has 1 aliphatic heterocycles. The van der Waals surface area contributed by atoms with Gasteiger partial charge in [0, 0.05) is 41.5 Å². The molecule has 0 aliphatic carbocycles. The van der Waals surface area contributed by atoms with Gasteiger partial charge in [-0.25, -0.2) is 0 Å². The summed E-state index contributed by atoms with van der Waals surface area (Å²) in [5, 5.41) is 10.4. The molecule has 0 aromatic heterocycles. The van der Waals surface area contributed by atoms with Gasteiger partial charge in [0.25, 0.3) is 5.91 Å². The van der Waals surface area contributed by atoms with Crippen LogP contribution in [-0.4, -0.2) is 34.0 Å². The van der Waals surface area contributed by atoms with Crippen LogP contribution >= 0.6 is 23.2 Å². The van der Waals surface area contributed by atoms with Crippen LogP contribution in [0.15, 0.2) is 66.7 Å². The van der Waals surface area contributed by atoms with E-state index in [2.05, 4.69) is 0 Å². The average Bonchev–Trinajstić information content (AvgIpc) is 3.13. The van der Waals surface area contributed by atoms with E-state index in [-0.39, 0.29) is 25.4 Å². The van der Waals surface area contributed by atoms with Crippen LogP contribution < -0.4 is 4.74 Å². The summed E-state index contributed by atoms with van der Waals surface area (Å²) in [5.74, 6) is -0.465. The number of ether oxygens (including phenoxy) is 1. The minimum absolute atomic E-state index is 0.0806. The van der Waals surface area contributed by atoms with E-state index in [0.717, 1.165) is 22.4 Å². The normalized spacial score (nSPS) is 16.6. The van der Waals surface area contributed by atoms with Crippen LogP contribution in [-0.2, 0) is 24.2 Å². The Balaban J connectivity index is 1.54. The molecule has 1 heterocycles. The number of fused-ring (bicyclic) bond motifs is 1. The summed E-state index contributed by atoms with van der Waals surface area (Å²) >= 11 is 12.6. The van der Waals surface area contributed by atoms with Crippen molar-refractivity contribution in [1.29, 1.82) is 0 Å². The Morgan fingerprint density at radius 1 is 1.00 bits per heavy atom. The van der Waals surface area contributed by atoms with E-state index in [0.29, 0.717) is 28.5 Å². The first-order valence-corrected chi connectivity index (χ1v) is 11.8. The summed E-state index contributed by atoms with van der Waals surface area (Å²) < 4.78 is 6.26. The van der Waals surface area contributed by atoms with Crippen molar-refractivity contribution in [2.45, 2.75) is 38.3 Å². The predicted molar refractivity (Wildman–Crippen MR) is 133 cm³/mol. The third-order valence-electron chi connectivity index (χ3n) is 5.95. The smallest absolute Gasteiger partial charge is 0.305 e. The maximum atomic E-state index is 13.4. The fourth-order valence-electron chi connectivity index (χ4n) is 4.30. The molecule has 0 spiro atoms. The number of carboxylic acids is 1. The predicted octanol–water partition coefficient (Wildman–Crippen LogP) is 6.05. The molecule has 1 N–H and O–H groups in total. The number of rotatable bonds is 8. The molecule has 4 rings (SSSR count). The van der Waals surface area contributed by atoms with Crippen LogP contribution in [0.25, 0.3) is 0 Å². The molecule has 5 nitrogen and oxygen atoms in total. The van der Waals surface area contributed by atoms with Crippen LogP contribution in [0.3, 0.4) is 0 Å². The van der Waals surface area contributed by atoms with Crippen LogP contribution in [0.1, 0.15) is 40.4 Å². The molecule has 1 atom stereocenters. The number of hydrogen-bond donors (Lipinski definition) is 1. The van der Waals surface area contributed by atoms with E-state index in [4.69, 9.17) is 27.9 Å². The third-order valence-corrected chi connectivity index (χ3v) is 6.69. The van der Waals surface area contributed by atoms with Crippen LogP contribution in [0.2, 0.25) is 10.0 Å². The lowest BCUT2D eigenvalue weighted by Crippen LogP contribution is -2.33. The van der Waals surface area contributed by atoms with Crippen LogP contribution in [0, 0.1) is 0 Å². The Morgan fingerprint density at radius 3 is 2.29 bits per heavy atom. The van der Waals surface area contributed by atoms with E-state index in [1.165, 1.54) is 4.90 Å². The van der Waals surface area contributed by atoms with Crippen molar-refractivity contribution in [3.8, 4) is 5.75 Å². The van der Waals surface area contributed by atoms with Gasteiger partial charge in [0.1, 0.15) is 11.4 Å². The fraction of sp³-hybridized carbons (Fsp3) is 0.259. The highest BCUT2D eigenvalue weighted by molar-refractivity contribution is 6.31. The molecule has 3 aromatic carbocycles. The number of nitrogens with zero attached hydrogens (tertiary/aromatic N) is 1. The van der Waals surface area contributed by atoms with Gasteiger partial charge in [-0.2, -0.15) is 0 Å². The van der Waals surface area contributed by atoms with Crippen LogP contribution in [0.5, 0.6) is 5.75 Å². The zero-order valence-corrected chi connectivity index (χ0v) is 20.3. The Hall–Kier alpha value is -3.02. The van der Waals surface area contributed by atoms with E-state index >= 15 is 0 Å². The molecule has 0 unspecified atom stereocenters. The van der Waals surface area contributed by atoms with E-state index in [1.807, 2.05) is 61.5 Å². The highest BCUT2D eigenvalue weighted by Crippen LogP contribution is 2.38. The molecule has 34 heavy (non-hydrogen) atoms. The largest absolute Gasteiger partial charge is 0.487 e. The van der Waals surface area contributed by atoms with Crippen molar-refractivity contribution in [1.82, 2.24) is 4.90 Å². The lowest BCUT2D eigenvalue weighted by atomic mass is 9.91. The second kappa shape index (κ2) is 10.1. The molecule has 1 amide bonds. The second-order valence-electron chi connectivity index (χ2n) is 8.78. The number of carboxylic acid groups (broad SMARTS) is 1. The van der Waals surface area contributed by atoms with Crippen molar-refractivity contribution in [3.05, 3.63) is 99.0 Å². The number of aliphatic carboxylic acids is 1. The van der Waals surface area contributed by atoms with Gasteiger partial charge in [-0.15, -0.1) is 0 Å². The SMILES string of the molecule is C[C@]1(Cc2ccccc2Cl)Cc2cc(C(=O)N(CCC(=O)O)Cc3ccccc3Cl)ccc2O1. The summed E-state index contributed by atoms with van der Waals surface area (Å²) in [6.45, 7) is 2.34. The van der Waals surface area contributed by atoms with Crippen LogP contribution in [0.4, 0.5) is 0 Å². The lowest BCUT2D eigenvalue weighted by Gasteiger charge is -2.24. The fourth-order valence-corrected chi connectivity index (χ4v) is 4.69. The lowest BCUT2D eigenvalue weighted by molar-refractivity contribution is -0.137. The molecule has 1 aliphatic rings. The monoisotopic (exact) mass is 497 g/mol. The van der Waals surface area contributed by atoms with Gasteiger partial charge in [-0.3, -0.25) is 9.59 Å². The van der Waals surface area contributed by atoms with Crippen molar-refractivity contribution in [2.24, 2.45) is 0 Å². The van der Waals surface area contributed by atoms with Gasteiger partial charge in [-0.1, -0.05) is 59.6 Å². The zero-order valence-electron chi connectivity index (χ0n) is 18.8. The summed E-state index contributed by atoms with van der Waals surface area (Å²) in [6, 6.07) is 20.3. The van der Waals surface area contributed by atoms with Crippen molar-refractivity contribution < 1.29 is 19.4 Å². The van der Waals surface area contributed by atoms with Gasteiger partial charge in [0.2, 0.25) is 0 Å². The van der Waals surface area contributed by atoms with Gasteiger partial charge in [0.05, 0.1) is 6.42 Å². The third kappa shape index (κ3) is 5.54. The molecule has 0 saturated heterocycles. The highest BCUT2D eigenvalue weighted by atomic mass is 35.5.